The van der Waals surface area contributed by atoms with Gasteiger partial charge in [-0.25, -0.2) is 19.6 Å². The third-order valence-corrected chi connectivity index (χ3v) is 4.76. The summed E-state index contributed by atoms with van der Waals surface area (Å²) in [4.78, 5) is 32.2. The van der Waals surface area contributed by atoms with E-state index in [1.54, 1.807) is 6.07 Å². The Balaban J connectivity index is 2.15. The zero-order valence-corrected chi connectivity index (χ0v) is 21.3. The topological polar surface area (TPSA) is 112 Å². The third kappa shape index (κ3) is 8.53. The third-order valence-electron chi connectivity index (χ3n) is 4.76. The van der Waals surface area contributed by atoms with E-state index in [9.17, 15) is 9.59 Å². The number of carbonyl (C=O) groups excluding carboxylic acids is 2. The van der Waals surface area contributed by atoms with Crippen molar-refractivity contribution in [1.82, 2.24) is 15.3 Å². The van der Waals surface area contributed by atoms with E-state index >= 15 is 0 Å². The average Bonchev–Trinajstić information content (AvgIpc) is 2.70. The standard InChI is InChI=1S/C25H36N4O5/c1-16(2)13-25(7,29-23(31)34-24(4,5)6)14-33-20-10-9-18(11-17(20)3)19-12-21(27-15-26-19)28-22(30)32-8/h9-12,15-16H,13-14H2,1-8H3,(H,29,31)(H,26,27,28,30)/t25-/m0/s1. The Kier molecular flexibility index (Phi) is 8.84. The smallest absolute Gasteiger partial charge is 0.412 e. The minimum atomic E-state index is -0.608. The molecule has 2 amide bonds. The van der Waals surface area contributed by atoms with Crippen LogP contribution >= 0.6 is 0 Å². The Morgan fingerprint density at radius 1 is 1.06 bits per heavy atom. The number of aromatic nitrogens is 2. The molecule has 0 unspecified atom stereocenters. The first kappa shape index (κ1) is 26.9. The van der Waals surface area contributed by atoms with E-state index in [0.29, 0.717) is 23.2 Å². The molecule has 0 fully saturated rings. The highest BCUT2D eigenvalue weighted by molar-refractivity contribution is 5.84. The van der Waals surface area contributed by atoms with E-state index in [1.165, 1.54) is 13.4 Å². The van der Waals surface area contributed by atoms with Gasteiger partial charge in [0.15, 0.2) is 0 Å². The zero-order chi connectivity index (χ0) is 25.5. The van der Waals surface area contributed by atoms with Gasteiger partial charge in [-0.1, -0.05) is 13.8 Å². The normalized spacial score (nSPS) is 13.1. The molecular weight excluding hydrogens is 436 g/mol. The van der Waals surface area contributed by atoms with E-state index in [0.717, 1.165) is 17.5 Å². The van der Waals surface area contributed by atoms with E-state index in [4.69, 9.17) is 9.47 Å². The fourth-order valence-electron chi connectivity index (χ4n) is 3.54. The first-order valence-corrected chi connectivity index (χ1v) is 11.2. The minimum absolute atomic E-state index is 0.283. The lowest BCUT2D eigenvalue weighted by Crippen LogP contribution is -2.52. The van der Waals surface area contributed by atoms with Gasteiger partial charge in [-0.3, -0.25) is 5.32 Å². The number of amides is 2. The Hall–Kier alpha value is -3.36. The van der Waals surface area contributed by atoms with Crippen molar-refractivity contribution in [2.75, 3.05) is 19.0 Å². The predicted octanol–water partition coefficient (Wildman–Crippen LogP) is 5.34. The molecule has 2 rings (SSSR count). The van der Waals surface area contributed by atoms with Gasteiger partial charge >= 0.3 is 12.2 Å². The van der Waals surface area contributed by atoms with E-state index in [2.05, 4.69) is 39.2 Å². The minimum Gasteiger partial charge on any atom is -0.491 e. The molecule has 0 saturated heterocycles. The first-order chi connectivity index (χ1) is 15.8. The number of hydrogen-bond acceptors (Lipinski definition) is 7. The van der Waals surface area contributed by atoms with Crippen LogP contribution in [0, 0.1) is 12.8 Å². The van der Waals surface area contributed by atoms with Gasteiger partial charge in [-0.2, -0.15) is 0 Å². The SMILES string of the molecule is COC(=O)Nc1cc(-c2ccc(OC[C@](C)(CC(C)C)NC(=O)OC(C)(C)C)c(C)c2)ncn1. The highest BCUT2D eigenvalue weighted by Gasteiger charge is 2.31. The Labute approximate surface area is 201 Å². The Morgan fingerprint density at radius 2 is 1.76 bits per heavy atom. The van der Waals surface area contributed by atoms with Crippen LogP contribution in [-0.4, -0.2) is 47.0 Å². The summed E-state index contributed by atoms with van der Waals surface area (Å²) in [5, 5.41) is 5.51. The van der Waals surface area contributed by atoms with Crippen molar-refractivity contribution >= 4 is 18.0 Å². The molecule has 0 aliphatic rings. The second kappa shape index (κ2) is 11.2. The molecule has 1 aromatic carbocycles. The maximum Gasteiger partial charge on any atom is 0.412 e. The lowest BCUT2D eigenvalue weighted by atomic mass is 9.91. The summed E-state index contributed by atoms with van der Waals surface area (Å²) in [5.74, 6) is 1.39. The van der Waals surface area contributed by atoms with Crippen LogP contribution in [0.5, 0.6) is 5.75 Å². The van der Waals surface area contributed by atoms with Gasteiger partial charge in [0.25, 0.3) is 0 Å². The van der Waals surface area contributed by atoms with Crippen LogP contribution in [0.15, 0.2) is 30.6 Å². The lowest BCUT2D eigenvalue weighted by molar-refractivity contribution is 0.0407. The monoisotopic (exact) mass is 472 g/mol. The molecule has 0 aliphatic carbocycles. The molecule has 9 heteroatoms. The molecule has 34 heavy (non-hydrogen) atoms. The first-order valence-electron chi connectivity index (χ1n) is 11.2. The zero-order valence-electron chi connectivity index (χ0n) is 21.3. The molecule has 0 radical (unpaired) electrons. The van der Waals surface area contributed by atoms with Crippen molar-refractivity contribution in [3.8, 4) is 17.0 Å². The number of rotatable bonds is 8. The van der Waals surface area contributed by atoms with Crippen LogP contribution in [0.2, 0.25) is 0 Å². The van der Waals surface area contributed by atoms with Crippen molar-refractivity contribution in [3.63, 3.8) is 0 Å². The van der Waals surface area contributed by atoms with Gasteiger partial charge in [0, 0.05) is 11.6 Å². The molecule has 1 aromatic heterocycles. The number of alkyl carbamates (subject to hydrolysis) is 1. The van der Waals surface area contributed by atoms with Crippen molar-refractivity contribution in [2.45, 2.75) is 66.0 Å². The number of methoxy groups -OCH3 is 1. The van der Waals surface area contributed by atoms with Crippen molar-refractivity contribution in [3.05, 3.63) is 36.2 Å². The average molecular weight is 473 g/mol. The molecule has 1 heterocycles. The Morgan fingerprint density at radius 3 is 2.35 bits per heavy atom. The number of hydrogen-bond donors (Lipinski definition) is 2. The maximum atomic E-state index is 12.4. The molecule has 1 atom stereocenters. The molecule has 186 valence electrons. The fraction of sp³-hybridized carbons (Fsp3) is 0.520. The number of nitrogens with one attached hydrogen (secondary N) is 2. The van der Waals surface area contributed by atoms with Gasteiger partial charge in [0.1, 0.15) is 30.1 Å². The number of benzene rings is 1. The van der Waals surface area contributed by atoms with Crippen molar-refractivity contribution in [2.24, 2.45) is 5.92 Å². The molecule has 0 aliphatic heterocycles. The molecule has 0 bridgehead atoms. The molecule has 0 spiro atoms. The number of ether oxygens (including phenoxy) is 3. The molecular formula is C25H36N4O5. The van der Waals surface area contributed by atoms with Crippen molar-refractivity contribution < 1.29 is 23.8 Å². The summed E-state index contributed by atoms with van der Waals surface area (Å²) in [5.41, 5.74) is 1.21. The van der Waals surface area contributed by atoms with Crippen LogP contribution in [0.25, 0.3) is 11.3 Å². The number of nitrogens with zero attached hydrogens (tertiary/aromatic N) is 2. The number of carbonyl (C=O) groups is 2. The van der Waals surface area contributed by atoms with Crippen LogP contribution in [-0.2, 0) is 9.47 Å². The summed E-state index contributed by atoms with van der Waals surface area (Å²) in [6.45, 7) is 13.9. The van der Waals surface area contributed by atoms with Gasteiger partial charge in [0.2, 0.25) is 0 Å². The molecule has 2 aromatic rings. The summed E-state index contributed by atoms with van der Waals surface area (Å²) < 4.78 is 16.2. The van der Waals surface area contributed by atoms with E-state index in [-0.39, 0.29) is 6.61 Å². The second-order valence-electron chi connectivity index (χ2n) is 9.96. The Bertz CT molecular complexity index is 1000. The number of anilines is 1. The van der Waals surface area contributed by atoms with Gasteiger partial charge in [-0.05, 0) is 70.7 Å². The fourth-order valence-corrected chi connectivity index (χ4v) is 3.54. The van der Waals surface area contributed by atoms with Crippen molar-refractivity contribution in [1.29, 1.82) is 0 Å². The largest absolute Gasteiger partial charge is 0.491 e. The van der Waals surface area contributed by atoms with Crippen LogP contribution in [0.4, 0.5) is 15.4 Å². The summed E-state index contributed by atoms with van der Waals surface area (Å²) >= 11 is 0. The van der Waals surface area contributed by atoms with Gasteiger partial charge in [0.05, 0.1) is 18.3 Å². The van der Waals surface area contributed by atoms with Gasteiger partial charge < -0.3 is 19.5 Å². The highest BCUT2D eigenvalue weighted by atomic mass is 16.6. The molecule has 9 nitrogen and oxygen atoms in total. The van der Waals surface area contributed by atoms with Crippen LogP contribution in [0.1, 0.15) is 53.5 Å². The number of aryl methyl sites for hydroxylation is 1. The lowest BCUT2D eigenvalue weighted by Gasteiger charge is -2.33. The summed E-state index contributed by atoms with van der Waals surface area (Å²) in [7, 11) is 1.29. The molecule has 0 saturated carbocycles. The van der Waals surface area contributed by atoms with Crippen LogP contribution < -0.4 is 15.4 Å². The maximum absolute atomic E-state index is 12.4. The summed E-state index contributed by atoms with van der Waals surface area (Å²) in [6, 6.07) is 7.36. The van der Waals surface area contributed by atoms with Gasteiger partial charge in [-0.15, -0.1) is 0 Å². The summed E-state index contributed by atoms with van der Waals surface area (Å²) in [6.07, 6.45) is 1.03. The molecule has 2 N–H and O–H groups in total. The van der Waals surface area contributed by atoms with E-state index < -0.39 is 23.3 Å². The second-order valence-corrected chi connectivity index (χ2v) is 9.96. The highest BCUT2D eigenvalue weighted by Crippen LogP contribution is 2.27. The van der Waals surface area contributed by atoms with E-state index in [1.807, 2.05) is 52.8 Å². The quantitative estimate of drug-likeness (QED) is 0.533. The predicted molar refractivity (Wildman–Crippen MR) is 131 cm³/mol. The van der Waals surface area contributed by atoms with Crippen LogP contribution in [0.3, 0.4) is 0 Å².